The molecule has 0 fully saturated rings. The second-order valence-electron chi connectivity index (χ2n) is 1.86. The van der Waals surface area contributed by atoms with Crippen LogP contribution in [0.5, 0.6) is 0 Å². The van der Waals surface area contributed by atoms with Crippen LogP contribution in [0.2, 0.25) is 0 Å². The summed E-state index contributed by atoms with van der Waals surface area (Å²) in [5, 5.41) is 0. The highest BCUT2D eigenvalue weighted by molar-refractivity contribution is 5.11. The molecule has 0 atom stereocenters. The molecule has 0 aliphatic rings. The highest BCUT2D eigenvalue weighted by atomic mass is 19.4. The van der Waals surface area contributed by atoms with E-state index in [9.17, 15) is 17.6 Å². The number of hydrogen-bond donors (Lipinski definition) is 0. The van der Waals surface area contributed by atoms with Crippen molar-refractivity contribution in [2.24, 2.45) is 0 Å². The minimum atomic E-state index is -4.51. The maximum absolute atomic E-state index is 12.0. The van der Waals surface area contributed by atoms with Gasteiger partial charge in [-0.15, -0.1) is 0 Å². The Kier molecular flexibility index (Phi) is 2.87. The Hall–Kier alpha value is -0.540. The molecule has 4 heteroatoms. The molecule has 0 rings (SSSR count). The van der Waals surface area contributed by atoms with Gasteiger partial charge >= 0.3 is 6.18 Å². The molecule has 0 unspecified atom stereocenters. The van der Waals surface area contributed by atoms with Crippen molar-refractivity contribution in [2.45, 2.75) is 26.4 Å². The zero-order valence-electron chi connectivity index (χ0n) is 5.72. The second-order valence-corrected chi connectivity index (χ2v) is 1.86. The Balaban J connectivity index is 4.55. The molecular formula is C6H8F4. The monoisotopic (exact) mass is 156 g/mol. The summed E-state index contributed by atoms with van der Waals surface area (Å²) in [6.45, 7) is 2.08. The average Bonchev–Trinajstić information content (AvgIpc) is 1.60. The van der Waals surface area contributed by atoms with Gasteiger partial charge in [-0.25, -0.2) is 4.39 Å². The van der Waals surface area contributed by atoms with Gasteiger partial charge in [-0.2, -0.15) is 13.2 Å². The molecule has 0 bridgehead atoms. The van der Waals surface area contributed by atoms with E-state index < -0.39 is 17.6 Å². The van der Waals surface area contributed by atoms with Crippen molar-refractivity contribution in [3.05, 3.63) is 11.4 Å². The quantitative estimate of drug-likeness (QED) is 0.511. The van der Waals surface area contributed by atoms with Gasteiger partial charge in [0.1, 0.15) is 5.83 Å². The van der Waals surface area contributed by atoms with Crippen molar-refractivity contribution in [2.75, 3.05) is 0 Å². The lowest BCUT2D eigenvalue weighted by Crippen LogP contribution is -2.11. The lowest BCUT2D eigenvalue weighted by Gasteiger charge is -2.08. The zero-order chi connectivity index (χ0) is 8.36. The van der Waals surface area contributed by atoms with Crippen LogP contribution in [0.1, 0.15) is 20.3 Å². The van der Waals surface area contributed by atoms with Crippen LogP contribution < -0.4 is 0 Å². The minimum absolute atomic E-state index is 0.314. The molecule has 0 aromatic rings. The van der Waals surface area contributed by atoms with Crippen molar-refractivity contribution in [3.63, 3.8) is 0 Å². The van der Waals surface area contributed by atoms with E-state index in [2.05, 4.69) is 0 Å². The van der Waals surface area contributed by atoms with Gasteiger partial charge in [-0.05, 0) is 13.3 Å². The molecule has 0 spiro atoms. The molecule has 0 N–H and O–H groups in total. The first kappa shape index (κ1) is 9.46. The third-order valence-corrected chi connectivity index (χ3v) is 1.11. The van der Waals surface area contributed by atoms with Gasteiger partial charge in [-0.3, -0.25) is 0 Å². The van der Waals surface area contributed by atoms with E-state index in [0.29, 0.717) is 0 Å². The van der Waals surface area contributed by atoms with Crippen molar-refractivity contribution in [1.82, 2.24) is 0 Å². The molecule has 0 amide bonds. The summed E-state index contributed by atoms with van der Waals surface area (Å²) < 4.78 is 47.0. The molecule has 0 saturated carbocycles. The lowest BCUT2D eigenvalue weighted by atomic mass is 10.2. The number of allylic oxidation sites excluding steroid dienone is 2. The molecule has 0 radical (unpaired) electrons. The first-order chi connectivity index (χ1) is 4.39. The Morgan fingerprint density at radius 2 is 1.70 bits per heavy atom. The van der Waals surface area contributed by atoms with Gasteiger partial charge in [0, 0.05) is 0 Å². The molecule has 0 aliphatic carbocycles. The van der Waals surface area contributed by atoms with Gasteiger partial charge in [0.25, 0.3) is 0 Å². The molecule has 0 heterocycles. The fourth-order valence-corrected chi connectivity index (χ4v) is 0.639. The molecule has 10 heavy (non-hydrogen) atoms. The van der Waals surface area contributed by atoms with Gasteiger partial charge in [0.15, 0.2) is 0 Å². The van der Waals surface area contributed by atoms with Crippen molar-refractivity contribution >= 4 is 0 Å². The summed E-state index contributed by atoms with van der Waals surface area (Å²) in [7, 11) is 0. The summed E-state index contributed by atoms with van der Waals surface area (Å²) >= 11 is 0. The van der Waals surface area contributed by atoms with Gasteiger partial charge < -0.3 is 0 Å². The summed E-state index contributed by atoms with van der Waals surface area (Å²) in [5.74, 6) is -1.14. The second kappa shape index (κ2) is 3.03. The van der Waals surface area contributed by atoms with Gasteiger partial charge in [-0.1, -0.05) is 6.92 Å². The molecule has 0 aromatic heterocycles. The number of hydrogen-bond acceptors (Lipinski definition) is 0. The van der Waals surface area contributed by atoms with E-state index >= 15 is 0 Å². The van der Waals surface area contributed by atoms with E-state index in [4.69, 9.17) is 0 Å². The van der Waals surface area contributed by atoms with Gasteiger partial charge in [0.2, 0.25) is 0 Å². The van der Waals surface area contributed by atoms with Crippen LogP contribution in [0.4, 0.5) is 17.6 Å². The van der Waals surface area contributed by atoms with Gasteiger partial charge in [0.05, 0.1) is 5.57 Å². The predicted octanol–water partition coefficient (Wildman–Crippen LogP) is 3.20. The maximum atomic E-state index is 12.0. The zero-order valence-corrected chi connectivity index (χ0v) is 5.72. The van der Waals surface area contributed by atoms with E-state index in [1.807, 2.05) is 0 Å². The Morgan fingerprint density at radius 1 is 1.30 bits per heavy atom. The summed E-state index contributed by atoms with van der Waals surface area (Å²) in [6.07, 6.45) is -4.82. The summed E-state index contributed by atoms with van der Waals surface area (Å²) in [4.78, 5) is 0. The number of halogens is 4. The van der Waals surface area contributed by atoms with Crippen LogP contribution in [0.25, 0.3) is 0 Å². The minimum Gasteiger partial charge on any atom is -0.212 e. The van der Waals surface area contributed by atoms with Crippen LogP contribution in [0.3, 0.4) is 0 Å². The normalized spacial score (nSPS) is 15.0. The van der Waals surface area contributed by atoms with Crippen LogP contribution in [0, 0.1) is 0 Å². The van der Waals surface area contributed by atoms with Crippen LogP contribution in [-0.2, 0) is 0 Å². The largest absolute Gasteiger partial charge is 0.415 e. The van der Waals surface area contributed by atoms with Crippen molar-refractivity contribution in [3.8, 4) is 0 Å². The fourth-order valence-electron chi connectivity index (χ4n) is 0.639. The predicted molar refractivity (Wildman–Crippen MR) is 30.2 cm³/mol. The first-order valence-corrected chi connectivity index (χ1v) is 2.82. The van der Waals surface area contributed by atoms with Crippen LogP contribution >= 0.6 is 0 Å². The third kappa shape index (κ3) is 2.37. The van der Waals surface area contributed by atoms with Crippen LogP contribution in [0.15, 0.2) is 11.4 Å². The fraction of sp³-hybridized carbons (Fsp3) is 0.667. The smallest absolute Gasteiger partial charge is 0.212 e. The maximum Gasteiger partial charge on any atom is 0.415 e. The SMILES string of the molecule is CC/C(=C(/C)F)C(F)(F)F. The van der Waals surface area contributed by atoms with Crippen molar-refractivity contribution in [1.29, 1.82) is 0 Å². The molecular weight excluding hydrogens is 148 g/mol. The molecule has 0 saturated heterocycles. The average molecular weight is 156 g/mol. The first-order valence-electron chi connectivity index (χ1n) is 2.82. The number of rotatable bonds is 1. The van der Waals surface area contributed by atoms with E-state index in [-0.39, 0.29) is 6.42 Å². The lowest BCUT2D eigenvalue weighted by molar-refractivity contribution is -0.0954. The number of alkyl halides is 3. The van der Waals surface area contributed by atoms with E-state index in [1.54, 1.807) is 0 Å². The third-order valence-electron chi connectivity index (χ3n) is 1.11. The highest BCUT2D eigenvalue weighted by Gasteiger charge is 2.34. The standard InChI is InChI=1S/C6H8F4/c1-3-5(4(2)7)6(8,9)10/h3H2,1-2H3/b5-4+. The summed E-state index contributed by atoms with van der Waals surface area (Å²) in [6, 6.07) is 0. The topological polar surface area (TPSA) is 0 Å². The molecule has 60 valence electrons. The molecule has 0 nitrogen and oxygen atoms in total. The Bertz CT molecular complexity index is 138. The Morgan fingerprint density at radius 3 is 1.70 bits per heavy atom. The van der Waals surface area contributed by atoms with Crippen LogP contribution in [-0.4, -0.2) is 6.18 Å². The van der Waals surface area contributed by atoms with E-state index in [0.717, 1.165) is 6.92 Å². The van der Waals surface area contributed by atoms with Crippen molar-refractivity contribution < 1.29 is 17.6 Å². The summed E-state index contributed by atoms with van der Waals surface area (Å²) in [5.41, 5.74) is -1.08. The Labute approximate surface area is 56.5 Å². The molecule has 0 aromatic carbocycles. The highest BCUT2D eigenvalue weighted by Crippen LogP contribution is 2.30. The van der Waals surface area contributed by atoms with E-state index in [1.165, 1.54) is 6.92 Å². The molecule has 0 aliphatic heterocycles.